The minimum absolute atomic E-state index is 0.0661. The van der Waals surface area contributed by atoms with Crippen LogP contribution in [0.2, 0.25) is 5.02 Å². The molecule has 0 saturated heterocycles. The number of hydrogen-bond donors (Lipinski definition) is 2. The third-order valence-corrected chi connectivity index (χ3v) is 7.13. The van der Waals surface area contributed by atoms with Crippen molar-refractivity contribution < 1.29 is 23.5 Å². The van der Waals surface area contributed by atoms with E-state index in [1.165, 1.54) is 24.3 Å². The summed E-state index contributed by atoms with van der Waals surface area (Å²) in [5.41, 5.74) is 1.75. The van der Waals surface area contributed by atoms with Gasteiger partial charge in [-0.15, -0.1) is 0 Å². The Hall–Kier alpha value is -3.78. The molecule has 0 radical (unpaired) electrons. The molecule has 5 rings (SSSR count). The Kier molecular flexibility index (Phi) is 6.93. The topological polar surface area (TPSA) is 84.2 Å². The summed E-state index contributed by atoms with van der Waals surface area (Å²) < 4.78 is 30.3. The van der Waals surface area contributed by atoms with Crippen molar-refractivity contribution in [2.75, 3.05) is 5.32 Å². The minimum Gasteiger partial charge on any atom is -0.478 e. The van der Waals surface area contributed by atoms with Gasteiger partial charge in [-0.25, -0.2) is 18.6 Å². The summed E-state index contributed by atoms with van der Waals surface area (Å²) in [6, 6.07) is 14.2. The molecule has 3 aromatic carbocycles. The van der Waals surface area contributed by atoms with E-state index in [2.05, 4.69) is 10.3 Å². The number of carbonyl (C=O) groups is 2. The number of benzene rings is 3. The Balaban J connectivity index is 1.65. The maximum Gasteiger partial charge on any atom is 0.335 e. The van der Waals surface area contributed by atoms with Gasteiger partial charge in [0.15, 0.2) is 11.6 Å². The summed E-state index contributed by atoms with van der Waals surface area (Å²) in [5, 5.41) is 12.6. The Morgan fingerprint density at radius 3 is 2.27 bits per heavy atom. The Labute approximate surface area is 216 Å². The van der Waals surface area contributed by atoms with Crippen molar-refractivity contribution in [3.8, 4) is 11.4 Å². The standard InChI is InChI=1S/C28H24ClF2N3O3/c29-19-10-6-17(7-11-19)26-33-23-14-21(30)22(31)15-24(23)34(26)25(16-4-2-1-3-5-16)27(35)32-20-12-8-18(9-13-20)28(36)37/h6-16,25H,1-5H2,(H,32,35)(H,36,37). The van der Waals surface area contributed by atoms with E-state index in [1.54, 1.807) is 28.8 Å². The molecule has 1 atom stereocenters. The molecule has 1 fully saturated rings. The fourth-order valence-corrected chi connectivity index (χ4v) is 5.20. The van der Waals surface area contributed by atoms with Crippen LogP contribution in [-0.2, 0) is 4.79 Å². The van der Waals surface area contributed by atoms with Crippen molar-refractivity contribution >= 4 is 40.2 Å². The van der Waals surface area contributed by atoms with Gasteiger partial charge in [0, 0.05) is 28.4 Å². The molecule has 37 heavy (non-hydrogen) atoms. The zero-order valence-corrected chi connectivity index (χ0v) is 20.5. The third kappa shape index (κ3) is 5.06. The lowest BCUT2D eigenvalue weighted by Crippen LogP contribution is -2.33. The van der Waals surface area contributed by atoms with E-state index in [4.69, 9.17) is 11.6 Å². The number of fused-ring (bicyclic) bond motifs is 1. The molecule has 9 heteroatoms. The van der Waals surface area contributed by atoms with Crippen LogP contribution >= 0.6 is 11.6 Å². The van der Waals surface area contributed by atoms with E-state index in [9.17, 15) is 23.5 Å². The second-order valence-electron chi connectivity index (χ2n) is 9.28. The molecule has 0 aliphatic heterocycles. The maximum atomic E-state index is 14.5. The first-order valence-corrected chi connectivity index (χ1v) is 12.5. The summed E-state index contributed by atoms with van der Waals surface area (Å²) in [4.78, 5) is 29.7. The monoisotopic (exact) mass is 523 g/mol. The fraction of sp³-hybridized carbons (Fsp3) is 0.250. The number of aromatic nitrogens is 2. The van der Waals surface area contributed by atoms with Crippen molar-refractivity contribution in [2.24, 2.45) is 5.92 Å². The van der Waals surface area contributed by atoms with Crippen LogP contribution in [-0.4, -0.2) is 26.5 Å². The van der Waals surface area contributed by atoms with Gasteiger partial charge >= 0.3 is 5.97 Å². The normalized spacial score (nSPS) is 15.0. The highest BCUT2D eigenvalue weighted by Gasteiger charge is 2.35. The highest BCUT2D eigenvalue weighted by Crippen LogP contribution is 2.39. The molecule has 6 nitrogen and oxygen atoms in total. The lowest BCUT2D eigenvalue weighted by atomic mass is 9.83. The van der Waals surface area contributed by atoms with E-state index < -0.39 is 23.6 Å². The molecular weight excluding hydrogens is 500 g/mol. The number of amides is 1. The van der Waals surface area contributed by atoms with Gasteiger partial charge in [-0.3, -0.25) is 4.79 Å². The molecule has 1 amide bonds. The number of nitrogens with zero attached hydrogens (tertiary/aromatic N) is 2. The number of anilines is 1. The van der Waals surface area contributed by atoms with Crippen LogP contribution in [0.15, 0.2) is 60.7 Å². The second-order valence-corrected chi connectivity index (χ2v) is 9.72. The number of aromatic carboxylic acids is 1. The zero-order valence-electron chi connectivity index (χ0n) is 19.8. The summed E-state index contributed by atoms with van der Waals surface area (Å²) in [6.07, 6.45) is 4.55. The van der Waals surface area contributed by atoms with Gasteiger partial charge in [0.1, 0.15) is 11.9 Å². The highest BCUT2D eigenvalue weighted by atomic mass is 35.5. The number of hydrogen-bond acceptors (Lipinski definition) is 3. The van der Waals surface area contributed by atoms with Crippen LogP contribution in [0, 0.1) is 17.6 Å². The number of carboxylic acids is 1. The first-order chi connectivity index (χ1) is 17.8. The molecule has 1 saturated carbocycles. The first-order valence-electron chi connectivity index (χ1n) is 12.1. The lowest BCUT2D eigenvalue weighted by Gasteiger charge is -2.32. The molecule has 0 spiro atoms. The molecule has 1 aromatic heterocycles. The average Bonchev–Trinajstić information content (AvgIpc) is 3.23. The van der Waals surface area contributed by atoms with Crippen molar-refractivity contribution in [3.05, 3.63) is 82.9 Å². The number of carbonyl (C=O) groups excluding carboxylic acids is 1. The quantitative estimate of drug-likeness (QED) is 0.282. The van der Waals surface area contributed by atoms with Crippen LogP contribution in [0.5, 0.6) is 0 Å². The minimum atomic E-state index is -1.07. The predicted molar refractivity (Wildman–Crippen MR) is 138 cm³/mol. The summed E-state index contributed by atoms with van der Waals surface area (Å²) >= 11 is 6.09. The zero-order chi connectivity index (χ0) is 26.1. The number of carboxylic acid groups (broad SMARTS) is 1. The third-order valence-electron chi connectivity index (χ3n) is 6.88. The second kappa shape index (κ2) is 10.3. The van der Waals surface area contributed by atoms with E-state index in [-0.39, 0.29) is 22.9 Å². The molecular formula is C28H24ClF2N3O3. The molecule has 1 aliphatic rings. The first kappa shape index (κ1) is 24.9. The van der Waals surface area contributed by atoms with Gasteiger partial charge in [-0.2, -0.15) is 0 Å². The van der Waals surface area contributed by atoms with Crippen LogP contribution in [0.4, 0.5) is 14.5 Å². The van der Waals surface area contributed by atoms with Gasteiger partial charge in [-0.05, 0) is 67.3 Å². The van der Waals surface area contributed by atoms with E-state index in [0.29, 0.717) is 27.6 Å². The molecule has 1 aliphatic carbocycles. The summed E-state index contributed by atoms with van der Waals surface area (Å²) in [6.45, 7) is 0. The molecule has 190 valence electrons. The van der Waals surface area contributed by atoms with Crippen molar-refractivity contribution in [1.82, 2.24) is 9.55 Å². The SMILES string of the molecule is O=C(O)c1ccc(NC(=O)C(C2CCCCC2)n2c(-c3ccc(Cl)cc3)nc3cc(F)c(F)cc32)cc1. The molecule has 4 aromatic rings. The summed E-state index contributed by atoms with van der Waals surface area (Å²) in [7, 11) is 0. The maximum absolute atomic E-state index is 14.5. The number of imidazole rings is 1. The van der Waals surface area contributed by atoms with Crippen LogP contribution in [0.25, 0.3) is 22.4 Å². The Bertz CT molecular complexity index is 1460. The van der Waals surface area contributed by atoms with Crippen LogP contribution in [0.1, 0.15) is 48.5 Å². The largest absolute Gasteiger partial charge is 0.478 e. The predicted octanol–water partition coefficient (Wildman–Crippen LogP) is 7.09. The summed E-state index contributed by atoms with van der Waals surface area (Å²) in [5.74, 6) is -3.11. The Morgan fingerprint density at radius 1 is 0.973 bits per heavy atom. The van der Waals surface area contributed by atoms with E-state index in [1.807, 2.05) is 0 Å². The smallest absolute Gasteiger partial charge is 0.335 e. The van der Waals surface area contributed by atoms with Gasteiger partial charge in [0.05, 0.1) is 16.6 Å². The van der Waals surface area contributed by atoms with Gasteiger partial charge in [0.2, 0.25) is 5.91 Å². The van der Waals surface area contributed by atoms with Crippen molar-refractivity contribution in [1.29, 1.82) is 0 Å². The van der Waals surface area contributed by atoms with Gasteiger partial charge in [0.25, 0.3) is 0 Å². The van der Waals surface area contributed by atoms with Crippen molar-refractivity contribution in [2.45, 2.75) is 38.1 Å². The van der Waals surface area contributed by atoms with Crippen LogP contribution < -0.4 is 5.32 Å². The number of nitrogens with one attached hydrogen (secondary N) is 1. The van der Waals surface area contributed by atoms with Crippen molar-refractivity contribution in [3.63, 3.8) is 0 Å². The van der Waals surface area contributed by atoms with Gasteiger partial charge < -0.3 is 15.0 Å². The highest BCUT2D eigenvalue weighted by molar-refractivity contribution is 6.30. The van der Waals surface area contributed by atoms with Crippen LogP contribution in [0.3, 0.4) is 0 Å². The lowest BCUT2D eigenvalue weighted by molar-refractivity contribution is -0.121. The molecule has 1 heterocycles. The number of rotatable bonds is 6. The average molecular weight is 524 g/mol. The van der Waals surface area contributed by atoms with Gasteiger partial charge in [-0.1, -0.05) is 30.9 Å². The van der Waals surface area contributed by atoms with E-state index in [0.717, 1.165) is 44.2 Å². The van der Waals surface area contributed by atoms with E-state index >= 15 is 0 Å². The Morgan fingerprint density at radius 2 is 1.62 bits per heavy atom. The fourth-order valence-electron chi connectivity index (χ4n) is 5.08. The molecule has 2 N–H and O–H groups in total. The number of halogens is 3. The molecule has 0 bridgehead atoms. The molecule has 1 unspecified atom stereocenters.